The molecule has 5 nitrogen and oxygen atoms in total. The van der Waals surface area contributed by atoms with Crippen molar-refractivity contribution in [3.63, 3.8) is 0 Å². The van der Waals surface area contributed by atoms with Gasteiger partial charge in [-0.25, -0.2) is 0 Å². The van der Waals surface area contributed by atoms with Crippen LogP contribution >= 0.6 is 0 Å². The molecular formula is C24H33KO5S. The van der Waals surface area contributed by atoms with E-state index < -0.39 is 10.1 Å². The summed E-state index contributed by atoms with van der Waals surface area (Å²) < 4.78 is 38.9. The molecule has 0 aromatic heterocycles. The third-order valence-corrected chi connectivity index (χ3v) is 6.11. The van der Waals surface area contributed by atoms with Gasteiger partial charge in [-0.3, -0.25) is 4.55 Å². The van der Waals surface area contributed by atoms with Crippen molar-refractivity contribution in [1.29, 1.82) is 0 Å². The molecule has 0 aliphatic heterocycles. The minimum absolute atomic E-state index is 0. The zero-order valence-corrected chi connectivity index (χ0v) is 22.7. The van der Waals surface area contributed by atoms with Crippen LogP contribution in [0.15, 0.2) is 47.4 Å². The van der Waals surface area contributed by atoms with E-state index >= 15 is 0 Å². The van der Waals surface area contributed by atoms with Gasteiger partial charge in [-0.1, -0.05) is 82.9 Å². The Morgan fingerprint density at radius 2 is 1.32 bits per heavy atom. The number of rotatable bonds is 14. The maximum absolute atomic E-state index is 11.8. The van der Waals surface area contributed by atoms with Crippen molar-refractivity contribution >= 4 is 10.1 Å². The number of ether oxygens (including phenoxy) is 1. The first kappa shape index (κ1) is 28.6. The van der Waals surface area contributed by atoms with Gasteiger partial charge in [0.1, 0.15) is 16.4 Å². The molecule has 7 heteroatoms. The molecule has 0 fully saturated rings. The summed E-state index contributed by atoms with van der Waals surface area (Å²) in [5.41, 5.74) is 0.597. The van der Waals surface area contributed by atoms with Crippen LogP contribution in [-0.2, 0) is 16.5 Å². The molecule has 0 aliphatic rings. The molecule has 0 radical (unpaired) electrons. The predicted octanol–water partition coefficient (Wildman–Crippen LogP) is 3.27. The zero-order valence-electron chi connectivity index (χ0n) is 18.8. The fourth-order valence-electron chi connectivity index (χ4n) is 3.49. The largest absolute Gasteiger partial charge is 1.00 e. The van der Waals surface area contributed by atoms with Gasteiger partial charge in [0.05, 0.1) is 0 Å². The van der Waals surface area contributed by atoms with Gasteiger partial charge in [0.25, 0.3) is 10.1 Å². The molecular weight excluding hydrogens is 439 g/mol. The smallest absolute Gasteiger partial charge is 0.872 e. The predicted molar refractivity (Wildman–Crippen MR) is 118 cm³/mol. The van der Waals surface area contributed by atoms with E-state index in [0.717, 1.165) is 19.3 Å². The van der Waals surface area contributed by atoms with E-state index in [9.17, 15) is 18.1 Å². The summed E-state index contributed by atoms with van der Waals surface area (Å²) >= 11 is 0. The van der Waals surface area contributed by atoms with Crippen LogP contribution in [0.25, 0.3) is 0 Å². The van der Waals surface area contributed by atoms with Gasteiger partial charge in [-0.15, -0.1) is 5.75 Å². The molecule has 0 heterocycles. The molecule has 0 spiro atoms. The monoisotopic (exact) mass is 472 g/mol. The van der Waals surface area contributed by atoms with E-state index in [4.69, 9.17) is 4.74 Å². The van der Waals surface area contributed by atoms with E-state index in [-0.39, 0.29) is 62.0 Å². The number of unbranched alkanes of at least 4 members (excludes halogenated alkanes) is 9. The first-order valence-corrected chi connectivity index (χ1v) is 12.4. The van der Waals surface area contributed by atoms with E-state index in [0.29, 0.717) is 23.5 Å². The van der Waals surface area contributed by atoms with Crippen LogP contribution in [-0.4, -0.2) is 13.0 Å². The van der Waals surface area contributed by atoms with Crippen LogP contribution in [0.2, 0.25) is 0 Å². The summed E-state index contributed by atoms with van der Waals surface area (Å²) in [7, 11) is -4.35. The van der Waals surface area contributed by atoms with Crippen LogP contribution in [0.1, 0.15) is 76.7 Å². The number of hydrogen-bond donors (Lipinski definition) is 1. The summed E-state index contributed by atoms with van der Waals surface area (Å²) in [6.07, 6.45) is 12.7. The maximum Gasteiger partial charge on any atom is 1.00 e. The molecule has 0 unspecified atom stereocenters. The first-order chi connectivity index (χ1) is 14.4. The van der Waals surface area contributed by atoms with E-state index in [1.165, 1.54) is 75.3 Å². The van der Waals surface area contributed by atoms with Crippen LogP contribution in [0, 0.1) is 0 Å². The number of aryl methyl sites for hydroxylation is 1. The summed E-state index contributed by atoms with van der Waals surface area (Å²) in [6.45, 7) is 2.22. The topological polar surface area (TPSA) is 86.7 Å². The Hall–Kier alpha value is -0.414. The van der Waals surface area contributed by atoms with Crippen molar-refractivity contribution < 1.29 is 74.2 Å². The first-order valence-electron chi connectivity index (χ1n) is 11.0. The normalized spacial score (nSPS) is 11.2. The molecule has 1 N–H and O–H groups in total. The van der Waals surface area contributed by atoms with Gasteiger partial charge in [-0.05, 0) is 36.6 Å². The van der Waals surface area contributed by atoms with Gasteiger partial charge < -0.3 is 9.84 Å². The molecule has 31 heavy (non-hydrogen) atoms. The Labute approximate surface area is 229 Å². The summed E-state index contributed by atoms with van der Waals surface area (Å²) in [6, 6.07) is 10.5. The third-order valence-electron chi connectivity index (χ3n) is 5.18. The van der Waals surface area contributed by atoms with Crippen molar-refractivity contribution in [2.24, 2.45) is 0 Å². The second-order valence-electron chi connectivity index (χ2n) is 7.75. The fraction of sp³-hybridized carbons (Fsp3) is 0.500. The number of hydrogen-bond acceptors (Lipinski definition) is 4. The number of benzene rings is 2. The van der Waals surface area contributed by atoms with Crippen LogP contribution in [0.5, 0.6) is 17.2 Å². The average Bonchev–Trinajstić information content (AvgIpc) is 2.71. The molecule has 0 atom stereocenters. The second kappa shape index (κ2) is 15.4. The third kappa shape index (κ3) is 11.3. The van der Waals surface area contributed by atoms with Crippen molar-refractivity contribution in [2.45, 2.75) is 82.4 Å². The molecule has 0 aliphatic carbocycles. The molecule has 166 valence electrons. The van der Waals surface area contributed by atoms with Gasteiger partial charge in [-0.2, -0.15) is 8.42 Å². The van der Waals surface area contributed by atoms with E-state index in [1.807, 2.05) is 0 Å². The van der Waals surface area contributed by atoms with E-state index in [1.54, 1.807) is 12.1 Å². The van der Waals surface area contributed by atoms with Gasteiger partial charge in [0.15, 0.2) is 0 Å². The fourth-order valence-corrected chi connectivity index (χ4v) is 4.26. The second-order valence-corrected chi connectivity index (χ2v) is 9.14. The summed E-state index contributed by atoms with van der Waals surface area (Å²) in [4.78, 5) is -0.114. The minimum Gasteiger partial charge on any atom is -0.872 e. The molecule has 2 aromatic rings. The molecule has 0 saturated carbocycles. The quantitative estimate of drug-likeness (QED) is 0.259. The molecule has 2 aromatic carbocycles. The Balaban J connectivity index is 0.00000480. The average molecular weight is 473 g/mol. The standard InChI is InChI=1S/C24H34O5S.K/c1-2-3-4-5-6-7-8-9-10-11-12-20-13-16-23(19-24(20)30(26,27)28)29-22-17-14-21(25)15-18-22;/h13-19,25H,2-12H2,1H3,(H,26,27,28);/q;+1/p-1. The minimum atomic E-state index is -4.35. The van der Waals surface area contributed by atoms with Crippen molar-refractivity contribution in [3.05, 3.63) is 48.0 Å². The molecule has 0 bridgehead atoms. The maximum atomic E-state index is 11.8. The Bertz CT molecular complexity index is 866. The SMILES string of the molecule is CCCCCCCCCCCCc1ccc(Oc2ccc([O-])cc2)cc1S(=O)(=O)O.[K+]. The van der Waals surface area contributed by atoms with Crippen molar-refractivity contribution in [2.75, 3.05) is 0 Å². The summed E-state index contributed by atoms with van der Waals surface area (Å²) in [5, 5.41) is 11.2. The summed E-state index contributed by atoms with van der Waals surface area (Å²) in [5.74, 6) is 0.597. The van der Waals surface area contributed by atoms with Gasteiger partial charge in [0.2, 0.25) is 0 Å². The van der Waals surface area contributed by atoms with Gasteiger partial charge in [0, 0.05) is 6.07 Å². The molecule has 0 amide bonds. The molecule has 0 saturated heterocycles. The van der Waals surface area contributed by atoms with Gasteiger partial charge >= 0.3 is 51.4 Å². The van der Waals surface area contributed by atoms with E-state index in [2.05, 4.69) is 6.92 Å². The van der Waals surface area contributed by atoms with Crippen molar-refractivity contribution in [3.8, 4) is 17.2 Å². The van der Waals surface area contributed by atoms with Crippen LogP contribution in [0.3, 0.4) is 0 Å². The zero-order chi connectivity index (χ0) is 21.8. The van der Waals surface area contributed by atoms with Crippen molar-refractivity contribution in [1.82, 2.24) is 0 Å². The Morgan fingerprint density at radius 3 is 1.87 bits per heavy atom. The molecule has 2 rings (SSSR count). The Kier molecular flexibility index (Phi) is 14.2. The Morgan fingerprint density at radius 1 is 0.806 bits per heavy atom. The van der Waals surface area contributed by atoms with Crippen LogP contribution in [0.4, 0.5) is 0 Å². The van der Waals surface area contributed by atoms with Crippen LogP contribution < -0.4 is 61.2 Å².